The van der Waals surface area contributed by atoms with Gasteiger partial charge < -0.3 is 0 Å². The van der Waals surface area contributed by atoms with Gasteiger partial charge in [0.25, 0.3) is 0 Å². The zero-order chi connectivity index (χ0) is 11.7. The molecule has 1 rings (SSSR count). The maximum Gasteiger partial charge on any atom is 0.327 e. The second kappa shape index (κ2) is 3.69. The molecule has 0 aliphatic carbocycles. The summed E-state index contributed by atoms with van der Waals surface area (Å²) in [6, 6.07) is 3.93. The third-order valence-corrected chi connectivity index (χ3v) is 2.94. The van der Waals surface area contributed by atoms with Crippen molar-refractivity contribution in [3.63, 3.8) is 0 Å². The molecule has 3 nitrogen and oxygen atoms in total. The normalized spacial score (nSPS) is 12.5. The van der Waals surface area contributed by atoms with E-state index in [1.54, 1.807) is 0 Å². The van der Waals surface area contributed by atoms with Gasteiger partial charge in [-0.3, -0.25) is 4.79 Å². The zero-order valence-electron chi connectivity index (χ0n) is 7.78. The van der Waals surface area contributed by atoms with Crippen LogP contribution in [0.3, 0.4) is 0 Å². The first-order chi connectivity index (χ1) is 6.77. The highest BCUT2D eigenvalue weighted by Gasteiger charge is 2.30. The van der Waals surface area contributed by atoms with E-state index in [9.17, 15) is 22.0 Å². The lowest BCUT2D eigenvalue weighted by Gasteiger charge is -2.08. The molecular weight excluding hydrogens is 226 g/mol. The second-order valence-corrected chi connectivity index (χ2v) is 5.05. The molecule has 82 valence electrons. The van der Waals surface area contributed by atoms with E-state index in [1.165, 1.54) is 0 Å². The maximum absolute atomic E-state index is 12.8. The molecule has 0 atom stereocenters. The summed E-state index contributed by atoms with van der Waals surface area (Å²) in [5.74, 6) is -3.57. The summed E-state index contributed by atoms with van der Waals surface area (Å²) < 4.78 is 47.6. The Labute approximate surface area is 85.6 Å². The van der Waals surface area contributed by atoms with E-state index in [-0.39, 0.29) is 4.90 Å². The molecule has 0 unspecified atom stereocenters. The van der Waals surface area contributed by atoms with Crippen LogP contribution in [-0.2, 0) is 20.6 Å². The second-order valence-electron chi connectivity index (χ2n) is 3.04. The van der Waals surface area contributed by atoms with Gasteiger partial charge in [-0.05, 0) is 12.1 Å². The van der Waals surface area contributed by atoms with Crippen molar-refractivity contribution in [2.75, 3.05) is 6.26 Å². The van der Waals surface area contributed by atoms with Gasteiger partial charge in [0.15, 0.2) is 16.1 Å². The van der Waals surface area contributed by atoms with Gasteiger partial charge in [0.1, 0.15) is 0 Å². The third kappa shape index (κ3) is 2.59. The molecule has 0 radical (unpaired) electrons. The minimum absolute atomic E-state index is 0.0621. The molecular formula is C9H8F2O3S. The van der Waals surface area contributed by atoms with Gasteiger partial charge in [-0.25, -0.2) is 8.42 Å². The zero-order valence-corrected chi connectivity index (χ0v) is 8.59. The van der Waals surface area contributed by atoms with Crippen LogP contribution in [0, 0.1) is 0 Å². The number of halogens is 2. The summed E-state index contributed by atoms with van der Waals surface area (Å²) in [6.07, 6.45) is 0.488. The van der Waals surface area contributed by atoms with Crippen LogP contribution in [0.15, 0.2) is 29.2 Å². The van der Waals surface area contributed by atoms with Gasteiger partial charge in [0.05, 0.1) is 4.90 Å². The molecule has 0 saturated heterocycles. The first kappa shape index (κ1) is 11.8. The number of sulfone groups is 1. The molecule has 1 aromatic carbocycles. The summed E-state index contributed by atoms with van der Waals surface area (Å²) in [4.78, 5) is 9.98. The fraction of sp³-hybridized carbons (Fsp3) is 0.222. The molecule has 0 bridgehead atoms. The lowest BCUT2D eigenvalue weighted by Crippen LogP contribution is -2.14. The summed E-state index contributed by atoms with van der Waals surface area (Å²) >= 11 is 0. The Morgan fingerprint density at radius 3 is 2.00 bits per heavy atom. The number of carbonyl (C=O) groups excluding carboxylic acids is 1. The van der Waals surface area contributed by atoms with Crippen LogP contribution in [0.25, 0.3) is 0 Å². The Hall–Kier alpha value is -1.30. The van der Waals surface area contributed by atoms with Gasteiger partial charge in [-0.2, -0.15) is 8.78 Å². The van der Waals surface area contributed by atoms with Crippen molar-refractivity contribution >= 4 is 16.1 Å². The van der Waals surface area contributed by atoms with Gasteiger partial charge in [-0.15, -0.1) is 0 Å². The Bertz CT molecular complexity index is 463. The van der Waals surface area contributed by atoms with Crippen LogP contribution in [-0.4, -0.2) is 21.0 Å². The van der Waals surface area contributed by atoms with Crippen LogP contribution in [0.5, 0.6) is 0 Å². The summed E-state index contributed by atoms with van der Waals surface area (Å²) in [5, 5.41) is 0. The van der Waals surface area contributed by atoms with E-state index in [2.05, 4.69) is 0 Å². The van der Waals surface area contributed by atoms with Crippen molar-refractivity contribution in [3.8, 4) is 0 Å². The number of hydrogen-bond acceptors (Lipinski definition) is 3. The highest BCUT2D eigenvalue weighted by Crippen LogP contribution is 2.26. The maximum atomic E-state index is 12.8. The highest BCUT2D eigenvalue weighted by molar-refractivity contribution is 7.90. The standard InChI is InChI=1S/C9H8F2O3S/c1-15(13,14)8-4-2-7(3-5-8)9(10,11)6-12/h2-6H,1H3. The van der Waals surface area contributed by atoms with Crippen molar-refractivity contribution < 1.29 is 22.0 Å². The third-order valence-electron chi connectivity index (χ3n) is 1.82. The quantitative estimate of drug-likeness (QED) is 0.742. The van der Waals surface area contributed by atoms with Crippen molar-refractivity contribution in [3.05, 3.63) is 29.8 Å². The monoisotopic (exact) mass is 234 g/mol. The van der Waals surface area contributed by atoms with Gasteiger partial charge in [0.2, 0.25) is 0 Å². The first-order valence-electron chi connectivity index (χ1n) is 3.92. The summed E-state index contributed by atoms with van der Waals surface area (Å²) in [6.45, 7) is 0. The molecule has 0 fully saturated rings. The van der Waals surface area contributed by atoms with E-state index in [1.807, 2.05) is 0 Å². The number of benzene rings is 1. The van der Waals surface area contributed by atoms with Crippen molar-refractivity contribution in [1.29, 1.82) is 0 Å². The summed E-state index contributed by atoms with van der Waals surface area (Å²) in [5.41, 5.74) is -0.523. The Morgan fingerprint density at radius 1 is 1.20 bits per heavy atom. The molecule has 0 aliphatic rings. The predicted molar refractivity (Wildman–Crippen MR) is 49.5 cm³/mol. The van der Waals surface area contributed by atoms with Crippen molar-refractivity contribution in [1.82, 2.24) is 0 Å². The van der Waals surface area contributed by atoms with Crippen LogP contribution >= 0.6 is 0 Å². The fourth-order valence-corrected chi connectivity index (χ4v) is 1.62. The van der Waals surface area contributed by atoms with Gasteiger partial charge >= 0.3 is 5.92 Å². The molecule has 0 spiro atoms. The minimum atomic E-state index is -3.57. The molecule has 0 aliphatic heterocycles. The van der Waals surface area contributed by atoms with Crippen molar-refractivity contribution in [2.24, 2.45) is 0 Å². The first-order valence-corrected chi connectivity index (χ1v) is 5.81. The van der Waals surface area contributed by atoms with E-state index < -0.39 is 27.6 Å². The SMILES string of the molecule is CS(=O)(=O)c1ccc(C(F)(F)C=O)cc1. The number of rotatable bonds is 3. The van der Waals surface area contributed by atoms with E-state index in [0.29, 0.717) is 0 Å². The number of aldehydes is 1. The molecule has 0 aromatic heterocycles. The fourth-order valence-electron chi connectivity index (χ4n) is 0.992. The van der Waals surface area contributed by atoms with Gasteiger partial charge in [0, 0.05) is 11.8 Å². The Kier molecular flexibility index (Phi) is 2.90. The van der Waals surface area contributed by atoms with E-state index in [0.717, 1.165) is 30.5 Å². The summed E-state index contributed by atoms with van der Waals surface area (Å²) in [7, 11) is -3.41. The molecule has 0 saturated carbocycles. The Morgan fingerprint density at radius 2 is 1.67 bits per heavy atom. The lowest BCUT2D eigenvalue weighted by molar-refractivity contribution is -0.130. The van der Waals surface area contributed by atoms with Crippen molar-refractivity contribution in [2.45, 2.75) is 10.8 Å². The molecule has 15 heavy (non-hydrogen) atoms. The average molecular weight is 234 g/mol. The smallest absolute Gasteiger partial charge is 0.296 e. The molecule has 6 heteroatoms. The Balaban J connectivity index is 3.17. The highest BCUT2D eigenvalue weighted by atomic mass is 32.2. The largest absolute Gasteiger partial charge is 0.327 e. The van der Waals surface area contributed by atoms with Gasteiger partial charge in [-0.1, -0.05) is 12.1 Å². The van der Waals surface area contributed by atoms with E-state index >= 15 is 0 Å². The van der Waals surface area contributed by atoms with E-state index in [4.69, 9.17) is 0 Å². The molecule has 1 aromatic rings. The lowest BCUT2D eigenvalue weighted by atomic mass is 10.1. The van der Waals surface area contributed by atoms with Crippen LogP contribution < -0.4 is 0 Å². The average Bonchev–Trinajstić information content (AvgIpc) is 2.17. The molecule has 0 heterocycles. The molecule has 0 amide bonds. The number of hydrogen-bond donors (Lipinski definition) is 0. The molecule has 0 N–H and O–H groups in total. The topological polar surface area (TPSA) is 51.2 Å². The number of alkyl halides is 2. The minimum Gasteiger partial charge on any atom is -0.296 e. The van der Waals surface area contributed by atoms with Crippen LogP contribution in [0.4, 0.5) is 8.78 Å². The van der Waals surface area contributed by atoms with Crippen LogP contribution in [0.2, 0.25) is 0 Å². The number of carbonyl (C=O) groups is 1. The predicted octanol–water partition coefficient (Wildman–Crippen LogP) is 1.38. The van der Waals surface area contributed by atoms with Crippen LogP contribution in [0.1, 0.15) is 5.56 Å².